The van der Waals surface area contributed by atoms with Crippen LogP contribution in [0.5, 0.6) is 0 Å². The Hall–Kier alpha value is -1.78. The topological polar surface area (TPSA) is 32.3 Å². The maximum absolute atomic E-state index is 13.5. The summed E-state index contributed by atoms with van der Waals surface area (Å²) in [6.45, 7) is 0. The number of halogens is 3. The van der Waals surface area contributed by atoms with E-state index in [-0.39, 0.29) is 23.9 Å². The number of hydrogen-bond donors (Lipinski definition) is 1. The molecule has 6 heteroatoms. The monoisotopic (exact) mass is 364 g/mol. The van der Waals surface area contributed by atoms with Gasteiger partial charge in [0.05, 0.1) is 16.1 Å². The van der Waals surface area contributed by atoms with Crippen molar-refractivity contribution in [2.24, 2.45) is 0 Å². The molecule has 0 radical (unpaired) electrons. The van der Waals surface area contributed by atoms with Gasteiger partial charge >= 0.3 is 6.03 Å². The number of rotatable bonds is 1. The second-order valence-corrected chi connectivity index (χ2v) is 7.07. The number of anilines is 1. The first-order valence-corrected chi connectivity index (χ1v) is 8.61. The maximum atomic E-state index is 13.5. The molecule has 2 aliphatic rings. The zero-order valence-electron chi connectivity index (χ0n) is 12.7. The molecular weight excluding hydrogens is 350 g/mol. The summed E-state index contributed by atoms with van der Waals surface area (Å²) in [5.41, 5.74) is 2.68. The van der Waals surface area contributed by atoms with E-state index < -0.39 is 0 Å². The molecule has 124 valence electrons. The zero-order chi connectivity index (χ0) is 16.8. The third kappa shape index (κ3) is 2.64. The first-order chi connectivity index (χ1) is 11.5. The third-order valence-corrected chi connectivity index (χ3v) is 5.57. The molecule has 2 aliphatic heterocycles. The van der Waals surface area contributed by atoms with Gasteiger partial charge in [-0.15, -0.1) is 0 Å². The van der Waals surface area contributed by atoms with E-state index >= 15 is 0 Å². The number of benzene rings is 2. The molecule has 0 saturated carbocycles. The summed E-state index contributed by atoms with van der Waals surface area (Å²) >= 11 is 11.9. The van der Waals surface area contributed by atoms with Crippen LogP contribution in [0, 0.1) is 5.82 Å². The lowest BCUT2D eigenvalue weighted by Gasteiger charge is -2.36. The summed E-state index contributed by atoms with van der Waals surface area (Å²) in [5.74, 6) is -0.221. The van der Waals surface area contributed by atoms with Gasteiger partial charge in [-0.2, -0.15) is 0 Å². The van der Waals surface area contributed by atoms with E-state index in [0.29, 0.717) is 22.2 Å². The number of urea groups is 1. The number of fused-ring (bicyclic) bond motifs is 4. The quantitative estimate of drug-likeness (QED) is 0.719. The fourth-order valence-electron chi connectivity index (χ4n) is 3.79. The molecule has 4 rings (SSSR count). The Morgan fingerprint density at radius 2 is 1.96 bits per heavy atom. The number of nitrogens with zero attached hydrogens (tertiary/aromatic N) is 1. The van der Waals surface area contributed by atoms with E-state index in [2.05, 4.69) is 5.32 Å². The summed E-state index contributed by atoms with van der Waals surface area (Å²) in [6.07, 6.45) is 2.52. The smallest absolute Gasteiger partial charge is 0.314 e. The molecule has 0 spiro atoms. The summed E-state index contributed by atoms with van der Waals surface area (Å²) < 4.78 is 13.5. The highest BCUT2D eigenvalue weighted by atomic mass is 35.5. The maximum Gasteiger partial charge on any atom is 0.322 e. The number of amides is 2. The molecule has 0 aromatic heterocycles. The second kappa shape index (κ2) is 5.94. The highest BCUT2D eigenvalue weighted by Crippen LogP contribution is 2.44. The predicted molar refractivity (Wildman–Crippen MR) is 93.2 cm³/mol. The Morgan fingerprint density at radius 1 is 1.12 bits per heavy atom. The average molecular weight is 365 g/mol. The minimum atomic E-state index is -0.221. The molecule has 2 aromatic carbocycles. The minimum Gasteiger partial charge on any atom is -0.314 e. The molecule has 24 heavy (non-hydrogen) atoms. The lowest BCUT2D eigenvalue weighted by molar-refractivity contribution is 0.179. The van der Waals surface area contributed by atoms with Gasteiger partial charge in [0, 0.05) is 11.7 Å². The number of nitrogens with one attached hydrogen (secondary N) is 1. The Balaban J connectivity index is 1.59. The average Bonchev–Trinajstić information content (AvgIpc) is 2.86. The van der Waals surface area contributed by atoms with Gasteiger partial charge < -0.3 is 10.2 Å². The standard InChI is InChI=1S/C18H15Cl2FN2O/c19-15-5-2-12(9-16(15)20)22-18(24)23-13-3-6-17(23)14-4-1-11(21)7-10(14)8-13/h1-2,4-5,7,9,13,17H,3,6,8H2,(H,22,24)/t13-,17+/m1/s1. The van der Waals surface area contributed by atoms with E-state index in [1.165, 1.54) is 6.07 Å². The van der Waals surface area contributed by atoms with Crippen molar-refractivity contribution in [2.75, 3.05) is 5.32 Å². The summed E-state index contributed by atoms with van der Waals surface area (Å²) in [6, 6.07) is 9.82. The molecule has 1 N–H and O–H groups in total. The second-order valence-electron chi connectivity index (χ2n) is 6.26. The van der Waals surface area contributed by atoms with Gasteiger partial charge in [0.2, 0.25) is 0 Å². The lowest BCUT2D eigenvalue weighted by Crippen LogP contribution is -2.44. The molecule has 0 aliphatic carbocycles. The normalized spacial score (nSPS) is 21.5. The van der Waals surface area contributed by atoms with Crippen LogP contribution in [0.25, 0.3) is 0 Å². The van der Waals surface area contributed by atoms with Gasteiger partial charge in [-0.25, -0.2) is 9.18 Å². The predicted octanol–water partition coefficient (Wildman–Crippen LogP) is 5.43. The molecule has 3 nitrogen and oxygen atoms in total. The van der Waals surface area contributed by atoms with Crippen LogP contribution < -0.4 is 5.32 Å². The van der Waals surface area contributed by atoms with Crippen LogP contribution in [0.15, 0.2) is 36.4 Å². The molecular formula is C18H15Cl2FN2O. The van der Waals surface area contributed by atoms with Crippen molar-refractivity contribution in [1.29, 1.82) is 0 Å². The molecule has 2 amide bonds. The van der Waals surface area contributed by atoms with Crippen molar-refractivity contribution in [3.63, 3.8) is 0 Å². The molecule has 2 heterocycles. The molecule has 2 atom stereocenters. The fourth-order valence-corrected chi connectivity index (χ4v) is 4.09. The summed E-state index contributed by atoms with van der Waals surface area (Å²) in [7, 11) is 0. The van der Waals surface area contributed by atoms with Crippen LogP contribution in [0.3, 0.4) is 0 Å². The van der Waals surface area contributed by atoms with E-state index in [1.54, 1.807) is 30.3 Å². The van der Waals surface area contributed by atoms with Gasteiger partial charge in [-0.3, -0.25) is 0 Å². The Morgan fingerprint density at radius 3 is 2.75 bits per heavy atom. The Kier molecular flexibility index (Phi) is 3.89. The minimum absolute atomic E-state index is 0.00196. The SMILES string of the molecule is O=C(Nc1ccc(Cl)c(Cl)c1)N1[C@@H]2CC[C@H]1c1ccc(F)cc1C2. The lowest BCUT2D eigenvalue weighted by atomic mass is 9.93. The van der Waals surface area contributed by atoms with Gasteiger partial charge in [0.15, 0.2) is 0 Å². The van der Waals surface area contributed by atoms with Gasteiger partial charge in [-0.1, -0.05) is 29.3 Å². The molecule has 1 fully saturated rings. The summed E-state index contributed by atoms with van der Waals surface area (Å²) in [4.78, 5) is 14.6. The zero-order valence-corrected chi connectivity index (χ0v) is 14.2. The first kappa shape index (κ1) is 15.7. The number of carbonyl (C=O) groups is 1. The fraction of sp³-hybridized carbons (Fsp3) is 0.278. The number of hydrogen-bond acceptors (Lipinski definition) is 1. The van der Waals surface area contributed by atoms with E-state index in [4.69, 9.17) is 23.2 Å². The first-order valence-electron chi connectivity index (χ1n) is 7.85. The largest absolute Gasteiger partial charge is 0.322 e. The third-order valence-electron chi connectivity index (χ3n) is 4.83. The van der Waals surface area contributed by atoms with Crippen LogP contribution in [0.1, 0.15) is 30.0 Å². The van der Waals surface area contributed by atoms with Crippen molar-refractivity contribution in [2.45, 2.75) is 31.3 Å². The Bertz CT molecular complexity index is 827. The Labute approximate surface area is 149 Å². The van der Waals surface area contributed by atoms with Crippen molar-refractivity contribution >= 4 is 34.9 Å². The van der Waals surface area contributed by atoms with Gasteiger partial charge in [-0.05, 0) is 60.7 Å². The highest BCUT2D eigenvalue weighted by molar-refractivity contribution is 6.42. The van der Waals surface area contributed by atoms with Gasteiger partial charge in [0.25, 0.3) is 0 Å². The van der Waals surface area contributed by atoms with Gasteiger partial charge in [0.1, 0.15) is 5.82 Å². The van der Waals surface area contributed by atoms with E-state index in [0.717, 1.165) is 24.0 Å². The van der Waals surface area contributed by atoms with E-state index in [1.807, 2.05) is 4.90 Å². The van der Waals surface area contributed by atoms with Crippen LogP contribution in [0.4, 0.5) is 14.9 Å². The van der Waals surface area contributed by atoms with E-state index in [9.17, 15) is 9.18 Å². The van der Waals surface area contributed by atoms with Crippen molar-refractivity contribution < 1.29 is 9.18 Å². The summed E-state index contributed by atoms with van der Waals surface area (Å²) in [5, 5.41) is 3.74. The van der Waals surface area contributed by atoms with Crippen LogP contribution in [0.2, 0.25) is 10.0 Å². The molecule has 0 unspecified atom stereocenters. The van der Waals surface area contributed by atoms with Crippen LogP contribution in [-0.2, 0) is 6.42 Å². The van der Waals surface area contributed by atoms with Crippen molar-refractivity contribution in [3.05, 3.63) is 63.4 Å². The van der Waals surface area contributed by atoms with Crippen molar-refractivity contribution in [3.8, 4) is 0 Å². The number of carbonyl (C=O) groups excluding carboxylic acids is 1. The van der Waals surface area contributed by atoms with Crippen LogP contribution in [-0.4, -0.2) is 17.0 Å². The molecule has 2 aromatic rings. The highest BCUT2D eigenvalue weighted by Gasteiger charge is 2.42. The van der Waals surface area contributed by atoms with Crippen molar-refractivity contribution in [1.82, 2.24) is 4.90 Å². The molecule has 1 saturated heterocycles. The molecule has 2 bridgehead atoms. The van der Waals surface area contributed by atoms with Crippen LogP contribution >= 0.6 is 23.2 Å².